The van der Waals surface area contributed by atoms with Crippen molar-refractivity contribution in [3.8, 4) is 5.88 Å². The first-order valence-electron chi connectivity index (χ1n) is 8.13. The fourth-order valence-corrected chi connectivity index (χ4v) is 3.02. The first-order chi connectivity index (χ1) is 12.0. The van der Waals surface area contributed by atoms with Crippen molar-refractivity contribution < 1.29 is 14.6 Å². The molecule has 0 aliphatic carbocycles. The number of hydrogen-bond donors (Lipinski definition) is 2. The summed E-state index contributed by atoms with van der Waals surface area (Å²) in [4.78, 5) is 4.28. The van der Waals surface area contributed by atoms with Crippen LogP contribution in [0.3, 0.4) is 0 Å². The number of aliphatic hydroxyl groups excluding tert-OH is 1. The van der Waals surface area contributed by atoms with Crippen molar-refractivity contribution in [1.29, 1.82) is 0 Å². The van der Waals surface area contributed by atoms with Gasteiger partial charge in [0.15, 0.2) is 0 Å². The quantitative estimate of drug-likeness (QED) is 0.692. The molecule has 1 aliphatic heterocycles. The minimum atomic E-state index is -0.915. The molecule has 1 fully saturated rings. The van der Waals surface area contributed by atoms with Gasteiger partial charge in [-0.1, -0.05) is 29.3 Å². The number of pyridine rings is 1. The van der Waals surface area contributed by atoms with Crippen LogP contribution in [0.1, 0.15) is 36.1 Å². The van der Waals surface area contributed by atoms with Gasteiger partial charge in [0.05, 0.1) is 35.4 Å². The van der Waals surface area contributed by atoms with E-state index in [0.29, 0.717) is 40.3 Å². The number of halogens is 4. The zero-order chi connectivity index (χ0) is 17.8. The molecular weight excluding hydrogens is 434 g/mol. The fraction of sp³-hybridized carbons (Fsp3) is 0.389. The first-order valence-corrected chi connectivity index (χ1v) is 8.89. The molecule has 0 amide bonds. The maximum absolute atomic E-state index is 10.5. The number of hydrogen-bond acceptors (Lipinski definition) is 5. The predicted octanol–water partition coefficient (Wildman–Crippen LogP) is 4.52. The second-order valence-corrected chi connectivity index (χ2v) is 6.82. The van der Waals surface area contributed by atoms with Crippen LogP contribution in [0.25, 0.3) is 0 Å². The summed E-state index contributed by atoms with van der Waals surface area (Å²) in [6.07, 6.45) is 2.50. The van der Waals surface area contributed by atoms with Crippen molar-refractivity contribution in [2.24, 2.45) is 5.73 Å². The Hall–Kier alpha value is -0.790. The average molecular weight is 456 g/mol. The highest BCUT2D eigenvalue weighted by molar-refractivity contribution is 6.42. The normalized spacial score (nSPS) is 16.6. The molecule has 27 heavy (non-hydrogen) atoms. The van der Waals surface area contributed by atoms with Crippen LogP contribution in [0.15, 0.2) is 36.5 Å². The van der Waals surface area contributed by atoms with Gasteiger partial charge in [-0.15, -0.1) is 24.8 Å². The number of aliphatic hydroxyl groups is 1. The molecule has 0 radical (unpaired) electrons. The highest BCUT2D eigenvalue weighted by atomic mass is 35.5. The molecule has 0 bridgehead atoms. The Balaban J connectivity index is 0.00000182. The van der Waals surface area contributed by atoms with Gasteiger partial charge in [0.25, 0.3) is 0 Å². The van der Waals surface area contributed by atoms with Gasteiger partial charge in [-0.05, 0) is 23.8 Å². The molecule has 0 unspecified atom stereocenters. The van der Waals surface area contributed by atoms with Gasteiger partial charge >= 0.3 is 0 Å². The lowest BCUT2D eigenvalue weighted by atomic mass is 9.98. The van der Waals surface area contributed by atoms with Crippen LogP contribution in [0.5, 0.6) is 5.88 Å². The topological polar surface area (TPSA) is 77.6 Å². The van der Waals surface area contributed by atoms with E-state index >= 15 is 0 Å². The van der Waals surface area contributed by atoms with E-state index in [2.05, 4.69) is 4.98 Å². The Labute approximate surface area is 181 Å². The Morgan fingerprint density at radius 1 is 1.07 bits per heavy atom. The van der Waals surface area contributed by atoms with E-state index in [4.69, 9.17) is 38.4 Å². The smallest absolute Gasteiger partial charge is 0.213 e. The minimum Gasteiger partial charge on any atom is -0.474 e. The summed E-state index contributed by atoms with van der Waals surface area (Å²) < 4.78 is 11.1. The Morgan fingerprint density at radius 3 is 2.33 bits per heavy atom. The molecule has 2 atom stereocenters. The third kappa shape index (κ3) is 6.36. The molecule has 1 aromatic heterocycles. The Kier molecular flexibility index (Phi) is 10.1. The SMILES string of the molecule is Cl.Cl.N[C@H](c1ccc(Cl)c(Cl)c1)[C@@H](O)c1ccc(OC2CCOCC2)nc1. The van der Waals surface area contributed by atoms with Crippen LogP contribution in [-0.4, -0.2) is 29.4 Å². The van der Waals surface area contributed by atoms with E-state index in [0.717, 1.165) is 12.8 Å². The van der Waals surface area contributed by atoms with E-state index in [9.17, 15) is 5.11 Å². The standard InChI is InChI=1S/C18H20Cl2N2O3.2ClH/c19-14-3-1-11(9-15(14)20)17(21)18(23)12-2-4-16(22-10-12)25-13-5-7-24-8-6-13;;/h1-4,9-10,13,17-18,23H,5-8,21H2;2*1H/t17-,18+;;/m1../s1. The number of nitrogens with zero attached hydrogens (tertiary/aromatic N) is 1. The summed E-state index contributed by atoms with van der Waals surface area (Å²) in [5, 5.41) is 11.4. The number of rotatable bonds is 5. The second-order valence-electron chi connectivity index (χ2n) is 6.00. The van der Waals surface area contributed by atoms with Crippen molar-refractivity contribution in [1.82, 2.24) is 4.98 Å². The number of benzene rings is 1. The van der Waals surface area contributed by atoms with Gasteiger partial charge < -0.3 is 20.3 Å². The van der Waals surface area contributed by atoms with Crippen LogP contribution in [0.4, 0.5) is 0 Å². The molecule has 0 saturated carbocycles. The molecule has 0 spiro atoms. The van der Waals surface area contributed by atoms with Gasteiger partial charge in [-0.2, -0.15) is 0 Å². The van der Waals surface area contributed by atoms with Gasteiger partial charge in [-0.3, -0.25) is 0 Å². The second kappa shape index (κ2) is 11.3. The van der Waals surface area contributed by atoms with Crippen molar-refractivity contribution in [2.45, 2.75) is 31.1 Å². The summed E-state index contributed by atoms with van der Waals surface area (Å²) >= 11 is 11.9. The number of aromatic nitrogens is 1. The van der Waals surface area contributed by atoms with Gasteiger partial charge in [0.1, 0.15) is 6.10 Å². The summed E-state index contributed by atoms with van der Waals surface area (Å²) in [6, 6.07) is 7.94. The molecule has 2 aromatic rings. The summed E-state index contributed by atoms with van der Waals surface area (Å²) in [7, 11) is 0. The maximum Gasteiger partial charge on any atom is 0.213 e. The lowest BCUT2D eigenvalue weighted by Crippen LogP contribution is -2.26. The van der Waals surface area contributed by atoms with Crippen molar-refractivity contribution in [3.63, 3.8) is 0 Å². The van der Waals surface area contributed by atoms with E-state index < -0.39 is 12.1 Å². The van der Waals surface area contributed by atoms with Crippen LogP contribution in [0.2, 0.25) is 10.0 Å². The van der Waals surface area contributed by atoms with E-state index in [1.165, 1.54) is 0 Å². The molecule has 1 saturated heterocycles. The third-order valence-corrected chi connectivity index (χ3v) is 4.96. The monoisotopic (exact) mass is 454 g/mol. The first kappa shape index (κ1) is 24.2. The fourth-order valence-electron chi connectivity index (χ4n) is 2.71. The van der Waals surface area contributed by atoms with Gasteiger partial charge in [0, 0.05) is 30.7 Å². The molecule has 150 valence electrons. The Bertz CT molecular complexity index is 712. The van der Waals surface area contributed by atoms with Crippen LogP contribution >= 0.6 is 48.0 Å². The third-order valence-electron chi connectivity index (χ3n) is 4.23. The molecule has 3 rings (SSSR count). The summed E-state index contributed by atoms with van der Waals surface area (Å²) in [5.74, 6) is 0.533. The number of nitrogens with two attached hydrogens (primary N) is 1. The highest BCUT2D eigenvalue weighted by Gasteiger charge is 2.21. The Morgan fingerprint density at radius 2 is 1.74 bits per heavy atom. The largest absolute Gasteiger partial charge is 0.474 e. The number of ether oxygens (including phenoxy) is 2. The molecule has 1 aromatic carbocycles. The average Bonchev–Trinajstić information content (AvgIpc) is 2.64. The predicted molar refractivity (Wildman–Crippen MR) is 112 cm³/mol. The van der Waals surface area contributed by atoms with Crippen LogP contribution in [0, 0.1) is 0 Å². The van der Waals surface area contributed by atoms with E-state index in [1.807, 2.05) is 0 Å². The maximum atomic E-state index is 10.5. The van der Waals surface area contributed by atoms with Crippen molar-refractivity contribution in [2.75, 3.05) is 13.2 Å². The lowest BCUT2D eigenvalue weighted by Gasteiger charge is -2.23. The van der Waals surface area contributed by atoms with Crippen molar-refractivity contribution >= 4 is 48.0 Å². The summed E-state index contributed by atoms with van der Waals surface area (Å²) in [5.41, 5.74) is 7.46. The molecule has 2 heterocycles. The zero-order valence-corrected chi connectivity index (χ0v) is 17.5. The van der Waals surface area contributed by atoms with Crippen molar-refractivity contribution in [3.05, 3.63) is 57.7 Å². The molecule has 3 N–H and O–H groups in total. The van der Waals surface area contributed by atoms with Crippen LogP contribution < -0.4 is 10.5 Å². The molecule has 9 heteroatoms. The lowest BCUT2D eigenvalue weighted by molar-refractivity contribution is 0.0237. The minimum absolute atomic E-state index is 0. The van der Waals surface area contributed by atoms with Gasteiger partial charge in [-0.25, -0.2) is 4.98 Å². The highest BCUT2D eigenvalue weighted by Crippen LogP contribution is 2.31. The molecular formula is C18H22Cl4N2O3. The molecule has 1 aliphatic rings. The zero-order valence-electron chi connectivity index (χ0n) is 14.4. The van der Waals surface area contributed by atoms with Gasteiger partial charge in [0.2, 0.25) is 5.88 Å². The van der Waals surface area contributed by atoms with Crippen LogP contribution in [-0.2, 0) is 4.74 Å². The van der Waals surface area contributed by atoms with E-state index in [1.54, 1.807) is 36.5 Å². The van der Waals surface area contributed by atoms with E-state index in [-0.39, 0.29) is 30.9 Å². The summed E-state index contributed by atoms with van der Waals surface area (Å²) in [6.45, 7) is 1.42. The molecule has 5 nitrogen and oxygen atoms in total.